The van der Waals surface area contributed by atoms with Crippen molar-refractivity contribution in [3.05, 3.63) is 35.9 Å². The second-order valence-corrected chi connectivity index (χ2v) is 6.68. The zero-order chi connectivity index (χ0) is 17.8. The number of hydrogen-bond acceptors (Lipinski definition) is 6. The lowest BCUT2D eigenvalue weighted by atomic mass is 10.2. The predicted octanol–water partition coefficient (Wildman–Crippen LogP) is 3.14. The minimum absolute atomic E-state index is 0.125. The van der Waals surface area contributed by atoms with Crippen LogP contribution in [-0.2, 0) is 14.3 Å². The minimum Gasteiger partial charge on any atom is -0.389 e. The maximum atomic E-state index is 11.8. The van der Waals surface area contributed by atoms with Crippen LogP contribution in [0.1, 0.15) is 43.5 Å². The number of nitrogens with zero attached hydrogens (tertiary/aromatic N) is 1. The first kappa shape index (κ1) is 20.4. The van der Waals surface area contributed by atoms with Crippen LogP contribution in [0.4, 0.5) is 0 Å². The summed E-state index contributed by atoms with van der Waals surface area (Å²) >= 11 is 1.32. The summed E-state index contributed by atoms with van der Waals surface area (Å²) in [5.74, 6) is -0.337. The van der Waals surface area contributed by atoms with Gasteiger partial charge in [-0.15, -0.1) is 0 Å². The number of carbonyl (C=O) groups excluding carboxylic acids is 3. The summed E-state index contributed by atoms with van der Waals surface area (Å²) in [6.45, 7) is 5.90. The van der Waals surface area contributed by atoms with Crippen LogP contribution in [0.15, 0.2) is 30.3 Å². The zero-order valence-corrected chi connectivity index (χ0v) is 15.1. The standard InChI is InChI=1S/C18H25NO4S/c1-3-11-19(12-7-14-24-15(2)20)13-10-17(21)23-18(22)16-8-5-4-6-9-16/h4-6,8-9H,3,7,10-14H2,1-2H3. The first-order valence-corrected chi connectivity index (χ1v) is 9.17. The van der Waals surface area contributed by atoms with Crippen molar-refractivity contribution in [2.45, 2.75) is 33.1 Å². The van der Waals surface area contributed by atoms with E-state index in [1.54, 1.807) is 37.3 Å². The Morgan fingerprint density at radius 3 is 2.42 bits per heavy atom. The van der Waals surface area contributed by atoms with E-state index in [1.807, 2.05) is 0 Å². The molecule has 0 bridgehead atoms. The molecule has 0 aliphatic carbocycles. The van der Waals surface area contributed by atoms with E-state index in [0.29, 0.717) is 12.1 Å². The molecule has 0 saturated carbocycles. The van der Waals surface area contributed by atoms with Gasteiger partial charge in [-0.05, 0) is 38.1 Å². The molecule has 1 rings (SSSR count). The molecule has 0 heterocycles. The van der Waals surface area contributed by atoms with Gasteiger partial charge in [0.15, 0.2) is 5.12 Å². The van der Waals surface area contributed by atoms with Crippen molar-refractivity contribution in [1.29, 1.82) is 0 Å². The van der Waals surface area contributed by atoms with E-state index in [-0.39, 0.29) is 11.5 Å². The largest absolute Gasteiger partial charge is 0.389 e. The average molecular weight is 351 g/mol. The Morgan fingerprint density at radius 1 is 1.08 bits per heavy atom. The minimum atomic E-state index is -0.611. The summed E-state index contributed by atoms with van der Waals surface area (Å²) in [6.07, 6.45) is 2.05. The molecule has 132 valence electrons. The van der Waals surface area contributed by atoms with Crippen molar-refractivity contribution in [1.82, 2.24) is 4.90 Å². The molecule has 6 heteroatoms. The molecule has 1 aromatic carbocycles. The Morgan fingerprint density at radius 2 is 1.79 bits per heavy atom. The van der Waals surface area contributed by atoms with Crippen molar-refractivity contribution in [2.75, 3.05) is 25.4 Å². The van der Waals surface area contributed by atoms with Gasteiger partial charge in [0.05, 0.1) is 12.0 Å². The quantitative estimate of drug-likeness (QED) is 0.367. The van der Waals surface area contributed by atoms with Gasteiger partial charge in [0.2, 0.25) is 0 Å². The molecule has 24 heavy (non-hydrogen) atoms. The van der Waals surface area contributed by atoms with E-state index < -0.39 is 11.9 Å². The van der Waals surface area contributed by atoms with Gasteiger partial charge >= 0.3 is 11.9 Å². The van der Waals surface area contributed by atoms with Gasteiger partial charge in [-0.1, -0.05) is 36.9 Å². The SMILES string of the molecule is CCCN(CCCSC(C)=O)CCC(=O)OC(=O)c1ccccc1. The van der Waals surface area contributed by atoms with Gasteiger partial charge < -0.3 is 9.64 Å². The third-order valence-corrected chi connectivity index (χ3v) is 4.21. The van der Waals surface area contributed by atoms with Crippen molar-refractivity contribution in [3.63, 3.8) is 0 Å². The second kappa shape index (κ2) is 11.8. The molecule has 0 amide bonds. The van der Waals surface area contributed by atoms with Crippen LogP contribution < -0.4 is 0 Å². The van der Waals surface area contributed by atoms with Crippen molar-refractivity contribution < 1.29 is 19.1 Å². The lowest BCUT2D eigenvalue weighted by molar-refractivity contribution is -0.138. The summed E-state index contributed by atoms with van der Waals surface area (Å²) in [7, 11) is 0. The third kappa shape index (κ3) is 8.84. The van der Waals surface area contributed by atoms with E-state index in [1.165, 1.54) is 11.8 Å². The monoisotopic (exact) mass is 351 g/mol. The molecule has 0 aromatic heterocycles. The molecule has 0 unspecified atom stereocenters. The maximum absolute atomic E-state index is 11.8. The third-order valence-electron chi connectivity index (χ3n) is 3.31. The van der Waals surface area contributed by atoms with Gasteiger partial charge in [-0.3, -0.25) is 9.59 Å². The van der Waals surface area contributed by atoms with Crippen LogP contribution in [0.2, 0.25) is 0 Å². The Balaban J connectivity index is 2.33. The Bertz CT molecular complexity index is 533. The Kier molecular flexibility index (Phi) is 10.0. The highest BCUT2D eigenvalue weighted by molar-refractivity contribution is 8.13. The number of rotatable bonds is 10. The first-order valence-electron chi connectivity index (χ1n) is 8.18. The van der Waals surface area contributed by atoms with E-state index in [9.17, 15) is 14.4 Å². The first-order chi connectivity index (χ1) is 11.5. The maximum Gasteiger partial charge on any atom is 0.345 e. The molecule has 0 atom stereocenters. The topological polar surface area (TPSA) is 63.7 Å². The number of benzene rings is 1. The molecule has 0 spiro atoms. The van der Waals surface area contributed by atoms with Gasteiger partial charge in [0.1, 0.15) is 0 Å². The average Bonchev–Trinajstić information content (AvgIpc) is 2.57. The van der Waals surface area contributed by atoms with Crippen LogP contribution in [0.25, 0.3) is 0 Å². The predicted molar refractivity (Wildman–Crippen MR) is 96.0 cm³/mol. The highest BCUT2D eigenvalue weighted by atomic mass is 32.2. The molecule has 0 aliphatic heterocycles. The van der Waals surface area contributed by atoms with Crippen LogP contribution in [0.3, 0.4) is 0 Å². The normalized spacial score (nSPS) is 10.6. The van der Waals surface area contributed by atoms with E-state index >= 15 is 0 Å². The Labute approximate surface area is 147 Å². The lowest BCUT2D eigenvalue weighted by Gasteiger charge is -2.20. The van der Waals surface area contributed by atoms with Crippen molar-refractivity contribution in [3.8, 4) is 0 Å². The van der Waals surface area contributed by atoms with E-state index in [0.717, 1.165) is 31.7 Å². The van der Waals surface area contributed by atoms with Crippen LogP contribution in [-0.4, -0.2) is 47.3 Å². The highest BCUT2D eigenvalue weighted by Crippen LogP contribution is 2.06. The fraction of sp³-hybridized carbons (Fsp3) is 0.500. The van der Waals surface area contributed by atoms with Gasteiger partial charge in [-0.2, -0.15) is 0 Å². The molecule has 5 nitrogen and oxygen atoms in total. The number of thioether (sulfide) groups is 1. The molecule has 0 N–H and O–H groups in total. The summed E-state index contributed by atoms with van der Waals surface area (Å²) in [4.78, 5) is 36.7. The van der Waals surface area contributed by atoms with E-state index in [4.69, 9.17) is 4.74 Å². The van der Waals surface area contributed by atoms with Gasteiger partial charge in [0, 0.05) is 19.2 Å². The number of ether oxygens (including phenoxy) is 1. The molecular formula is C18H25NO4S. The van der Waals surface area contributed by atoms with E-state index in [2.05, 4.69) is 11.8 Å². The molecule has 0 radical (unpaired) electrons. The highest BCUT2D eigenvalue weighted by Gasteiger charge is 2.14. The van der Waals surface area contributed by atoms with Crippen LogP contribution in [0.5, 0.6) is 0 Å². The van der Waals surface area contributed by atoms with Crippen LogP contribution >= 0.6 is 11.8 Å². The number of esters is 2. The van der Waals surface area contributed by atoms with Crippen molar-refractivity contribution >= 4 is 28.8 Å². The lowest BCUT2D eigenvalue weighted by Crippen LogP contribution is -2.29. The molecular weight excluding hydrogens is 326 g/mol. The molecule has 1 aromatic rings. The van der Waals surface area contributed by atoms with Crippen molar-refractivity contribution in [2.24, 2.45) is 0 Å². The fourth-order valence-electron chi connectivity index (χ4n) is 2.19. The molecule has 0 fully saturated rings. The summed E-state index contributed by atoms with van der Waals surface area (Å²) in [5, 5.41) is 0.125. The Hall–Kier alpha value is -1.66. The second-order valence-electron chi connectivity index (χ2n) is 5.41. The zero-order valence-electron chi connectivity index (χ0n) is 14.3. The number of hydrogen-bond donors (Lipinski definition) is 0. The fourth-order valence-corrected chi connectivity index (χ4v) is 2.75. The van der Waals surface area contributed by atoms with Gasteiger partial charge in [0.25, 0.3) is 0 Å². The summed E-state index contributed by atoms with van der Waals surface area (Å²) < 4.78 is 4.87. The smallest absolute Gasteiger partial charge is 0.345 e. The van der Waals surface area contributed by atoms with Gasteiger partial charge in [-0.25, -0.2) is 4.79 Å². The molecule has 0 saturated heterocycles. The summed E-state index contributed by atoms with van der Waals surface area (Å²) in [5.41, 5.74) is 0.373. The van der Waals surface area contributed by atoms with Crippen LogP contribution in [0, 0.1) is 0 Å². The number of carbonyl (C=O) groups is 3. The summed E-state index contributed by atoms with van der Waals surface area (Å²) in [6, 6.07) is 8.48. The molecule has 0 aliphatic rings.